The fourth-order valence-corrected chi connectivity index (χ4v) is 2.11. The van der Waals surface area contributed by atoms with E-state index in [1.54, 1.807) is 0 Å². The molecule has 0 bridgehead atoms. The van der Waals surface area contributed by atoms with E-state index in [4.69, 9.17) is 0 Å². The van der Waals surface area contributed by atoms with Gasteiger partial charge in [-0.3, -0.25) is 5.32 Å². The van der Waals surface area contributed by atoms with Crippen LogP contribution in [0, 0.1) is 0 Å². The van der Waals surface area contributed by atoms with Crippen LogP contribution in [-0.2, 0) is 5.72 Å². The first-order chi connectivity index (χ1) is 7.06. The highest BCUT2D eigenvalue weighted by Crippen LogP contribution is 2.31. The minimum absolute atomic E-state index is 0. The molecule has 1 heterocycles. The average molecular weight is 279 g/mol. The van der Waals surface area contributed by atoms with Crippen molar-refractivity contribution in [1.82, 2.24) is 10.6 Å². The number of aliphatic hydroxyl groups is 1. The minimum atomic E-state index is -0.994. The Kier molecular flexibility index (Phi) is 5.91. The molecule has 1 aliphatic heterocycles. The van der Waals surface area contributed by atoms with Gasteiger partial charge in [0, 0.05) is 18.7 Å². The van der Waals surface area contributed by atoms with Gasteiger partial charge in [-0.2, -0.15) is 0 Å². The highest BCUT2D eigenvalue weighted by atomic mass is 35.5. The van der Waals surface area contributed by atoms with Gasteiger partial charge in [0.15, 0.2) is 5.72 Å². The lowest BCUT2D eigenvalue weighted by Gasteiger charge is -2.47. The highest BCUT2D eigenvalue weighted by Gasteiger charge is 2.46. The van der Waals surface area contributed by atoms with Gasteiger partial charge in [0.05, 0.1) is 5.54 Å². The monoisotopic (exact) mass is 278 g/mol. The molecule has 3 nitrogen and oxygen atoms in total. The molecule has 0 aliphatic carbocycles. The Morgan fingerprint density at radius 2 is 1.53 bits per heavy atom. The van der Waals surface area contributed by atoms with E-state index >= 15 is 0 Å². The van der Waals surface area contributed by atoms with Crippen molar-refractivity contribution in [1.29, 1.82) is 0 Å². The Hall–Kier alpha value is -0.320. The summed E-state index contributed by atoms with van der Waals surface area (Å²) in [7, 11) is 0. The highest BCUT2D eigenvalue weighted by molar-refractivity contribution is 5.85. The smallest absolute Gasteiger partial charge is 0.160 e. The van der Waals surface area contributed by atoms with Crippen LogP contribution in [0.3, 0.4) is 0 Å². The van der Waals surface area contributed by atoms with Crippen molar-refractivity contribution < 1.29 is 5.11 Å². The molecule has 2 rings (SSSR count). The Balaban J connectivity index is 0.00000128. The van der Waals surface area contributed by atoms with E-state index in [1.807, 2.05) is 44.2 Å². The maximum Gasteiger partial charge on any atom is 0.160 e. The summed E-state index contributed by atoms with van der Waals surface area (Å²) in [5.41, 5.74) is -0.457. The predicted octanol–water partition coefficient (Wildman–Crippen LogP) is 1.65. The van der Waals surface area contributed by atoms with Gasteiger partial charge < -0.3 is 10.4 Å². The van der Waals surface area contributed by atoms with Crippen molar-refractivity contribution in [2.45, 2.75) is 25.1 Å². The molecular weight excluding hydrogens is 259 g/mol. The maximum absolute atomic E-state index is 10.7. The molecule has 17 heavy (non-hydrogen) atoms. The lowest BCUT2D eigenvalue weighted by atomic mass is 9.83. The summed E-state index contributed by atoms with van der Waals surface area (Å²) in [4.78, 5) is 0. The van der Waals surface area contributed by atoms with E-state index < -0.39 is 5.72 Å². The van der Waals surface area contributed by atoms with Crippen molar-refractivity contribution in [3.8, 4) is 0 Å². The molecule has 0 aromatic heterocycles. The molecular formula is C12H20Cl2N2O. The second-order valence-corrected chi connectivity index (χ2v) is 4.55. The molecule has 0 radical (unpaired) electrons. The average Bonchev–Trinajstić information content (AvgIpc) is 2.24. The number of hydrogen-bond acceptors (Lipinski definition) is 3. The third-order valence-electron chi connectivity index (χ3n) is 3.17. The number of benzene rings is 1. The summed E-state index contributed by atoms with van der Waals surface area (Å²) in [5, 5.41) is 17.2. The van der Waals surface area contributed by atoms with E-state index in [-0.39, 0.29) is 30.4 Å². The van der Waals surface area contributed by atoms with Crippen molar-refractivity contribution in [2.75, 3.05) is 13.1 Å². The van der Waals surface area contributed by atoms with E-state index in [9.17, 15) is 5.11 Å². The number of nitrogens with one attached hydrogen (secondary N) is 2. The fourth-order valence-electron chi connectivity index (χ4n) is 2.11. The van der Waals surface area contributed by atoms with E-state index in [2.05, 4.69) is 10.6 Å². The third kappa shape index (κ3) is 2.92. The summed E-state index contributed by atoms with van der Waals surface area (Å²) < 4.78 is 0. The zero-order valence-electron chi connectivity index (χ0n) is 10.1. The molecule has 1 aliphatic rings. The van der Waals surface area contributed by atoms with Gasteiger partial charge in [-0.25, -0.2) is 0 Å². The van der Waals surface area contributed by atoms with Crippen LogP contribution in [0.25, 0.3) is 0 Å². The molecule has 1 fully saturated rings. The molecule has 3 N–H and O–H groups in total. The Morgan fingerprint density at radius 3 is 2.06 bits per heavy atom. The predicted molar refractivity (Wildman–Crippen MR) is 74.9 cm³/mol. The van der Waals surface area contributed by atoms with Crippen LogP contribution in [0.5, 0.6) is 0 Å². The molecule has 1 atom stereocenters. The SMILES string of the molecule is CC1(C)NCCNC1(O)c1ccccc1.Cl.Cl. The van der Waals surface area contributed by atoms with E-state index in [0.717, 1.165) is 18.7 Å². The maximum atomic E-state index is 10.7. The number of piperazine rings is 1. The Bertz CT molecular complexity index is 346. The van der Waals surface area contributed by atoms with Crippen molar-refractivity contribution in [3.05, 3.63) is 35.9 Å². The number of rotatable bonds is 1. The zero-order chi connectivity index (χ0) is 10.9. The number of hydrogen-bond donors (Lipinski definition) is 3. The quantitative estimate of drug-likeness (QED) is 0.732. The lowest BCUT2D eigenvalue weighted by Crippen LogP contribution is -2.69. The normalized spacial score (nSPS) is 26.5. The summed E-state index contributed by atoms with van der Waals surface area (Å²) in [6.07, 6.45) is 0. The molecule has 0 spiro atoms. The van der Waals surface area contributed by atoms with Crippen LogP contribution in [0.4, 0.5) is 0 Å². The van der Waals surface area contributed by atoms with E-state index in [1.165, 1.54) is 0 Å². The summed E-state index contributed by atoms with van der Waals surface area (Å²) in [6.45, 7) is 5.66. The minimum Gasteiger partial charge on any atom is -0.370 e. The summed E-state index contributed by atoms with van der Waals surface area (Å²) >= 11 is 0. The van der Waals surface area contributed by atoms with Crippen LogP contribution in [0.1, 0.15) is 19.4 Å². The van der Waals surface area contributed by atoms with Gasteiger partial charge in [0.2, 0.25) is 0 Å². The van der Waals surface area contributed by atoms with Crippen molar-refractivity contribution >= 4 is 24.8 Å². The first-order valence-corrected chi connectivity index (χ1v) is 5.34. The molecule has 1 aromatic rings. The molecule has 5 heteroatoms. The van der Waals surface area contributed by atoms with Crippen LogP contribution >= 0.6 is 24.8 Å². The van der Waals surface area contributed by atoms with Crippen LogP contribution in [-0.4, -0.2) is 23.7 Å². The first kappa shape index (κ1) is 16.7. The molecule has 98 valence electrons. The largest absolute Gasteiger partial charge is 0.370 e. The standard InChI is InChI=1S/C12H18N2O.2ClH/c1-11(2)12(15,14-9-8-13-11)10-6-4-3-5-7-10;;/h3-7,13-15H,8-9H2,1-2H3;2*1H. The molecule has 0 saturated carbocycles. The fraction of sp³-hybridized carbons (Fsp3) is 0.500. The second-order valence-electron chi connectivity index (χ2n) is 4.55. The molecule has 1 saturated heterocycles. The van der Waals surface area contributed by atoms with E-state index in [0.29, 0.717) is 0 Å². The summed E-state index contributed by atoms with van der Waals surface area (Å²) in [5.74, 6) is 0. The zero-order valence-corrected chi connectivity index (χ0v) is 11.7. The Morgan fingerprint density at radius 1 is 1.00 bits per heavy atom. The number of halogens is 2. The van der Waals surface area contributed by atoms with Crippen LogP contribution in [0.2, 0.25) is 0 Å². The van der Waals surface area contributed by atoms with Crippen LogP contribution < -0.4 is 10.6 Å². The Labute approximate surface area is 115 Å². The topological polar surface area (TPSA) is 44.3 Å². The molecule has 1 aromatic carbocycles. The van der Waals surface area contributed by atoms with Gasteiger partial charge in [-0.1, -0.05) is 30.3 Å². The van der Waals surface area contributed by atoms with Gasteiger partial charge in [-0.05, 0) is 13.8 Å². The third-order valence-corrected chi connectivity index (χ3v) is 3.17. The molecule has 0 amide bonds. The van der Waals surface area contributed by atoms with Gasteiger partial charge in [0.25, 0.3) is 0 Å². The summed E-state index contributed by atoms with van der Waals surface area (Å²) in [6, 6.07) is 9.74. The van der Waals surface area contributed by atoms with Crippen molar-refractivity contribution in [2.24, 2.45) is 0 Å². The first-order valence-electron chi connectivity index (χ1n) is 5.34. The lowest BCUT2D eigenvalue weighted by molar-refractivity contribution is -0.0890. The molecule has 1 unspecified atom stereocenters. The van der Waals surface area contributed by atoms with Crippen LogP contribution in [0.15, 0.2) is 30.3 Å². The van der Waals surface area contributed by atoms with Gasteiger partial charge in [-0.15, -0.1) is 24.8 Å². The van der Waals surface area contributed by atoms with Gasteiger partial charge >= 0.3 is 0 Å². The second kappa shape index (κ2) is 6.03. The van der Waals surface area contributed by atoms with Gasteiger partial charge in [0.1, 0.15) is 0 Å². The van der Waals surface area contributed by atoms with Crippen molar-refractivity contribution in [3.63, 3.8) is 0 Å².